The van der Waals surface area contributed by atoms with Gasteiger partial charge in [-0.05, 0) is 11.1 Å². The molecular weight excluding hydrogens is 637 g/mol. The summed E-state index contributed by atoms with van der Waals surface area (Å²) in [5.74, 6) is 1.92. The molecule has 0 aliphatic heterocycles. The van der Waals surface area contributed by atoms with E-state index in [1.807, 2.05) is 42.5 Å². The van der Waals surface area contributed by atoms with Gasteiger partial charge in [-0.3, -0.25) is 0 Å². The van der Waals surface area contributed by atoms with E-state index in [0.717, 1.165) is 48.6 Å². The molecule has 8 rings (SSSR count). The summed E-state index contributed by atoms with van der Waals surface area (Å²) < 4.78 is 1.13. The monoisotopic (exact) mass is 666 g/mol. The number of hydrogen-bond donors (Lipinski definition) is 0. The summed E-state index contributed by atoms with van der Waals surface area (Å²) in [4.78, 5) is 15.0. The van der Waals surface area contributed by atoms with E-state index in [1.54, 1.807) is 0 Å². The molecule has 8 aromatic rings. The molecule has 1 heterocycles. The molecule has 0 N–H and O–H groups in total. The van der Waals surface area contributed by atoms with Crippen molar-refractivity contribution in [2.75, 3.05) is 0 Å². The Morgan fingerprint density at radius 1 is 0.319 bits per heavy atom. The number of aromatic nitrogens is 3. The molecule has 0 aliphatic carbocycles. The van der Waals surface area contributed by atoms with Crippen LogP contribution in [0.2, 0.25) is 0 Å². The molecule has 47 heavy (non-hydrogen) atoms. The van der Waals surface area contributed by atoms with Crippen molar-refractivity contribution < 1.29 is 0 Å². The Bertz CT molecular complexity index is 2340. The van der Waals surface area contributed by atoms with Crippen molar-refractivity contribution in [2.45, 2.75) is 0 Å². The quantitative estimate of drug-likeness (QED) is 0.166. The third kappa shape index (κ3) is 5.77. The molecule has 0 saturated heterocycles. The van der Waals surface area contributed by atoms with E-state index in [-0.39, 0.29) is 0 Å². The van der Waals surface area contributed by atoms with Gasteiger partial charge in [-0.2, -0.15) is 0 Å². The molecule has 1 aromatic heterocycles. The molecule has 0 fully saturated rings. The fourth-order valence-electron chi connectivity index (χ4n) is 6.03. The fourth-order valence-corrected chi connectivity index (χ4v) is 6.80. The third-order valence-corrected chi connectivity index (χ3v) is 9.37. The zero-order valence-corrected chi connectivity index (χ0v) is 27.1. The Morgan fingerprint density at radius 2 is 0.766 bits per heavy atom. The van der Waals surface area contributed by atoms with Gasteiger partial charge in [-0.25, -0.2) is 0 Å². The van der Waals surface area contributed by atoms with Crippen LogP contribution < -0.4 is 4.46 Å². The summed E-state index contributed by atoms with van der Waals surface area (Å²) in [5, 5.41) is 2.30. The first kappa shape index (κ1) is 28.8. The SMILES string of the molecule is [Se]c1c(-c2ccccc2)cccc1-c1cccc2ccc(-c3nc(-c4ccccc4)nc(-c4ccc(-c5ccccc5)cc4)n3)cc12. The van der Waals surface area contributed by atoms with Crippen LogP contribution in [0.1, 0.15) is 0 Å². The molecule has 0 amide bonds. The van der Waals surface area contributed by atoms with Crippen molar-refractivity contribution >= 4 is 31.2 Å². The summed E-state index contributed by atoms with van der Waals surface area (Å²) >= 11 is 3.38. The van der Waals surface area contributed by atoms with Gasteiger partial charge >= 0.3 is 236 Å². The Labute approximate surface area is 282 Å². The van der Waals surface area contributed by atoms with Crippen LogP contribution in [0.5, 0.6) is 0 Å². The standard InChI is InChI=1S/C43H28N3Se/c47-40-36(31-14-6-2-7-15-31)19-11-21-38(40)37-20-10-18-32-24-27-35(28-39(32)37)43-45-41(33-16-8-3-9-17-33)44-42(46-43)34-25-22-30(23-26-34)29-12-4-1-5-13-29/h1-28H. The zero-order chi connectivity index (χ0) is 31.6. The molecule has 0 unspecified atom stereocenters. The van der Waals surface area contributed by atoms with Gasteiger partial charge in [0.05, 0.1) is 0 Å². The molecule has 0 saturated carbocycles. The zero-order valence-electron chi connectivity index (χ0n) is 25.4. The van der Waals surface area contributed by atoms with Crippen LogP contribution in [0.4, 0.5) is 0 Å². The minimum atomic E-state index is 0.638. The molecule has 221 valence electrons. The molecular formula is C43H28N3Se. The second-order valence-corrected chi connectivity index (χ2v) is 12.3. The van der Waals surface area contributed by atoms with Crippen LogP contribution in [-0.4, -0.2) is 31.0 Å². The molecule has 3 nitrogen and oxygen atoms in total. The summed E-state index contributed by atoms with van der Waals surface area (Å²) in [6.07, 6.45) is 0. The normalized spacial score (nSPS) is 11.1. The van der Waals surface area contributed by atoms with Crippen LogP contribution in [0, 0.1) is 0 Å². The summed E-state index contributed by atoms with van der Waals surface area (Å²) in [7, 11) is 0. The fraction of sp³-hybridized carbons (Fsp3) is 0. The Morgan fingerprint density at radius 3 is 1.43 bits per heavy atom. The van der Waals surface area contributed by atoms with Crippen molar-refractivity contribution in [2.24, 2.45) is 0 Å². The first-order valence-corrected chi connectivity index (χ1v) is 16.4. The van der Waals surface area contributed by atoms with Crippen LogP contribution in [-0.2, 0) is 0 Å². The van der Waals surface area contributed by atoms with E-state index < -0.39 is 0 Å². The number of rotatable bonds is 6. The predicted octanol–water partition coefficient (Wildman–Crippen LogP) is 9.82. The average molecular weight is 666 g/mol. The van der Waals surface area contributed by atoms with Gasteiger partial charge in [0.1, 0.15) is 0 Å². The molecule has 0 bridgehead atoms. The summed E-state index contributed by atoms with van der Waals surface area (Å²) in [6.45, 7) is 0. The van der Waals surface area contributed by atoms with Crippen LogP contribution in [0.25, 0.3) is 78.3 Å². The van der Waals surface area contributed by atoms with E-state index in [4.69, 9.17) is 15.0 Å². The Hall–Kier alpha value is -5.67. The van der Waals surface area contributed by atoms with Gasteiger partial charge in [0.2, 0.25) is 0 Å². The van der Waals surface area contributed by atoms with E-state index >= 15 is 0 Å². The maximum atomic E-state index is 5.05. The second kappa shape index (κ2) is 12.6. The van der Waals surface area contributed by atoms with Crippen molar-refractivity contribution in [3.8, 4) is 67.5 Å². The van der Waals surface area contributed by atoms with E-state index in [0.29, 0.717) is 17.5 Å². The first-order chi connectivity index (χ1) is 23.2. The van der Waals surface area contributed by atoms with Gasteiger partial charge in [0.25, 0.3) is 0 Å². The molecule has 0 aliphatic rings. The number of benzene rings is 7. The van der Waals surface area contributed by atoms with E-state index in [1.165, 1.54) is 16.7 Å². The third-order valence-electron chi connectivity index (χ3n) is 8.45. The maximum absolute atomic E-state index is 5.05. The molecule has 7 aromatic carbocycles. The average Bonchev–Trinajstić information content (AvgIpc) is 3.15. The summed E-state index contributed by atoms with van der Waals surface area (Å²) in [6, 6.07) is 58.9. The van der Waals surface area contributed by atoms with E-state index in [9.17, 15) is 0 Å². The molecule has 4 heteroatoms. The van der Waals surface area contributed by atoms with Crippen LogP contribution in [0.15, 0.2) is 170 Å². The topological polar surface area (TPSA) is 38.7 Å². The van der Waals surface area contributed by atoms with Crippen molar-refractivity contribution in [1.29, 1.82) is 0 Å². The van der Waals surface area contributed by atoms with Crippen LogP contribution in [0.3, 0.4) is 0 Å². The van der Waals surface area contributed by atoms with Gasteiger partial charge in [-0.1, -0.05) is 36.4 Å². The Balaban J connectivity index is 1.26. The van der Waals surface area contributed by atoms with Crippen LogP contribution >= 0.6 is 0 Å². The van der Waals surface area contributed by atoms with Gasteiger partial charge in [0.15, 0.2) is 0 Å². The van der Waals surface area contributed by atoms with Crippen molar-refractivity contribution in [3.63, 3.8) is 0 Å². The summed E-state index contributed by atoms with van der Waals surface area (Å²) in [5.41, 5.74) is 9.84. The predicted molar refractivity (Wildman–Crippen MR) is 195 cm³/mol. The van der Waals surface area contributed by atoms with Crippen molar-refractivity contribution in [3.05, 3.63) is 170 Å². The Kier molecular flexibility index (Phi) is 7.72. The number of hydrogen-bond acceptors (Lipinski definition) is 3. The van der Waals surface area contributed by atoms with Crippen molar-refractivity contribution in [1.82, 2.24) is 15.0 Å². The second-order valence-electron chi connectivity index (χ2n) is 11.4. The van der Waals surface area contributed by atoms with Gasteiger partial charge in [0, 0.05) is 0 Å². The number of nitrogens with zero attached hydrogens (tertiary/aromatic N) is 3. The van der Waals surface area contributed by atoms with Gasteiger partial charge < -0.3 is 0 Å². The first-order valence-electron chi connectivity index (χ1n) is 15.6. The number of fused-ring (bicyclic) bond motifs is 1. The minimum absolute atomic E-state index is 0.638. The molecule has 0 atom stereocenters. The molecule has 0 spiro atoms. The molecule has 1 radical (unpaired) electrons. The van der Waals surface area contributed by atoms with E-state index in [2.05, 4.69) is 143 Å². The van der Waals surface area contributed by atoms with Gasteiger partial charge in [-0.15, -0.1) is 0 Å².